The summed E-state index contributed by atoms with van der Waals surface area (Å²) in [6.07, 6.45) is 2.61. The van der Waals surface area contributed by atoms with Crippen LogP contribution in [0.2, 0.25) is 5.02 Å². The smallest absolute Gasteiger partial charge is 0.161 e. The van der Waals surface area contributed by atoms with Crippen LogP contribution >= 0.6 is 36.4 Å². The van der Waals surface area contributed by atoms with Crippen molar-refractivity contribution in [2.45, 2.75) is 39.0 Å². The van der Waals surface area contributed by atoms with E-state index < -0.39 is 0 Å². The summed E-state index contributed by atoms with van der Waals surface area (Å²) in [6, 6.07) is 14.5. The second-order valence-electron chi connectivity index (χ2n) is 6.96. The molecule has 1 aliphatic rings. The van der Waals surface area contributed by atoms with E-state index in [9.17, 15) is 0 Å². The lowest BCUT2D eigenvalue weighted by atomic mass is 10.1. The SMILES string of the molecule is CCN1CCCC1CNCc1ccc(OCc2ccc(Cl)cc2)c(OC)c1.Cl.Cl. The van der Waals surface area contributed by atoms with Gasteiger partial charge in [-0.05, 0) is 61.3 Å². The molecule has 2 aromatic rings. The molecule has 1 fully saturated rings. The Balaban J connectivity index is 0.00000210. The van der Waals surface area contributed by atoms with Crippen LogP contribution in [-0.4, -0.2) is 37.7 Å². The number of halogens is 3. The highest BCUT2D eigenvalue weighted by Gasteiger charge is 2.22. The molecule has 1 unspecified atom stereocenters. The molecule has 1 saturated heterocycles. The molecule has 1 N–H and O–H groups in total. The molecule has 0 aliphatic carbocycles. The largest absolute Gasteiger partial charge is 0.493 e. The van der Waals surface area contributed by atoms with Crippen LogP contribution in [0.25, 0.3) is 0 Å². The van der Waals surface area contributed by atoms with E-state index in [4.69, 9.17) is 21.1 Å². The van der Waals surface area contributed by atoms with Gasteiger partial charge in [0.1, 0.15) is 6.61 Å². The van der Waals surface area contributed by atoms with Gasteiger partial charge >= 0.3 is 0 Å². The third-order valence-corrected chi connectivity index (χ3v) is 5.40. The minimum atomic E-state index is 0. The lowest BCUT2D eigenvalue weighted by Gasteiger charge is -2.23. The molecule has 0 aromatic heterocycles. The fourth-order valence-electron chi connectivity index (χ4n) is 3.61. The van der Waals surface area contributed by atoms with E-state index in [2.05, 4.69) is 29.3 Å². The van der Waals surface area contributed by atoms with Gasteiger partial charge in [0, 0.05) is 24.2 Å². The monoisotopic (exact) mass is 460 g/mol. The second kappa shape index (κ2) is 13.2. The summed E-state index contributed by atoms with van der Waals surface area (Å²) < 4.78 is 11.5. The number of hydrogen-bond donors (Lipinski definition) is 1. The average Bonchev–Trinajstić information content (AvgIpc) is 3.15. The van der Waals surface area contributed by atoms with E-state index in [1.807, 2.05) is 30.3 Å². The number of benzene rings is 2. The highest BCUT2D eigenvalue weighted by atomic mass is 35.5. The summed E-state index contributed by atoms with van der Waals surface area (Å²) in [6.45, 7) is 6.97. The molecule has 4 nitrogen and oxygen atoms in total. The Morgan fingerprint density at radius 1 is 1.07 bits per heavy atom. The predicted octanol–water partition coefficient (Wildman–Crippen LogP) is 5.35. The van der Waals surface area contributed by atoms with E-state index in [1.54, 1.807) is 7.11 Å². The first kappa shape index (κ1) is 25.9. The normalized spacial score (nSPS) is 16.0. The first-order valence-corrected chi connectivity index (χ1v) is 10.1. The van der Waals surface area contributed by atoms with Gasteiger partial charge in [-0.25, -0.2) is 0 Å². The van der Waals surface area contributed by atoms with Crippen molar-refractivity contribution in [1.29, 1.82) is 0 Å². The van der Waals surface area contributed by atoms with Gasteiger partial charge in [-0.2, -0.15) is 0 Å². The topological polar surface area (TPSA) is 33.7 Å². The molecule has 29 heavy (non-hydrogen) atoms. The zero-order valence-electron chi connectivity index (χ0n) is 17.0. The molecular weight excluding hydrogens is 431 g/mol. The third kappa shape index (κ3) is 7.54. The van der Waals surface area contributed by atoms with Crippen molar-refractivity contribution < 1.29 is 9.47 Å². The summed E-state index contributed by atoms with van der Waals surface area (Å²) in [7, 11) is 1.68. The number of nitrogens with one attached hydrogen (secondary N) is 1. The van der Waals surface area contributed by atoms with Gasteiger partial charge in [0.15, 0.2) is 11.5 Å². The summed E-state index contributed by atoms with van der Waals surface area (Å²) >= 11 is 5.92. The molecule has 0 bridgehead atoms. The minimum Gasteiger partial charge on any atom is -0.493 e. The summed E-state index contributed by atoms with van der Waals surface area (Å²) in [5.74, 6) is 1.52. The second-order valence-corrected chi connectivity index (χ2v) is 7.39. The highest BCUT2D eigenvalue weighted by molar-refractivity contribution is 6.30. The fraction of sp³-hybridized carbons (Fsp3) is 0.455. The number of likely N-dealkylation sites (tertiary alicyclic amines) is 1. The Hall–Kier alpha value is -1.17. The van der Waals surface area contributed by atoms with Crippen molar-refractivity contribution in [2.24, 2.45) is 0 Å². The maximum absolute atomic E-state index is 5.93. The number of hydrogen-bond acceptors (Lipinski definition) is 4. The molecule has 2 aromatic carbocycles. The lowest BCUT2D eigenvalue weighted by molar-refractivity contribution is 0.260. The van der Waals surface area contributed by atoms with Crippen LogP contribution in [0.15, 0.2) is 42.5 Å². The molecule has 162 valence electrons. The minimum absolute atomic E-state index is 0. The molecule has 0 radical (unpaired) electrons. The van der Waals surface area contributed by atoms with Crippen LogP contribution in [0.1, 0.15) is 30.9 Å². The van der Waals surface area contributed by atoms with Crippen LogP contribution in [0.3, 0.4) is 0 Å². The summed E-state index contributed by atoms with van der Waals surface area (Å²) in [4.78, 5) is 2.56. The van der Waals surface area contributed by atoms with Gasteiger partial charge in [-0.1, -0.05) is 36.7 Å². The zero-order chi connectivity index (χ0) is 19.1. The summed E-state index contributed by atoms with van der Waals surface area (Å²) in [5.41, 5.74) is 2.27. The van der Waals surface area contributed by atoms with Gasteiger partial charge in [-0.3, -0.25) is 4.90 Å². The van der Waals surface area contributed by atoms with E-state index in [1.165, 1.54) is 24.9 Å². The van der Waals surface area contributed by atoms with Crippen LogP contribution in [0, 0.1) is 0 Å². The molecule has 1 atom stereocenters. The first-order chi connectivity index (χ1) is 13.2. The van der Waals surface area contributed by atoms with Gasteiger partial charge in [0.25, 0.3) is 0 Å². The number of methoxy groups -OCH3 is 1. The number of rotatable bonds is 9. The van der Waals surface area contributed by atoms with Gasteiger partial charge < -0.3 is 14.8 Å². The number of nitrogens with zero attached hydrogens (tertiary/aromatic N) is 1. The van der Waals surface area contributed by atoms with E-state index in [-0.39, 0.29) is 24.8 Å². The Bertz CT molecular complexity index is 728. The van der Waals surface area contributed by atoms with Gasteiger partial charge in [-0.15, -0.1) is 24.8 Å². The quantitative estimate of drug-likeness (QED) is 0.546. The van der Waals surface area contributed by atoms with Crippen molar-refractivity contribution in [3.63, 3.8) is 0 Å². The zero-order valence-corrected chi connectivity index (χ0v) is 19.4. The molecule has 1 aliphatic heterocycles. The molecule has 0 amide bonds. The van der Waals surface area contributed by atoms with E-state index in [0.717, 1.165) is 41.7 Å². The molecule has 0 spiro atoms. The molecule has 7 heteroatoms. The van der Waals surface area contributed by atoms with Crippen molar-refractivity contribution in [1.82, 2.24) is 10.2 Å². The summed E-state index contributed by atoms with van der Waals surface area (Å²) in [5, 5.41) is 4.32. The van der Waals surface area contributed by atoms with Crippen LogP contribution in [0.5, 0.6) is 11.5 Å². The Morgan fingerprint density at radius 2 is 1.79 bits per heavy atom. The Labute approximate surface area is 191 Å². The lowest BCUT2D eigenvalue weighted by Crippen LogP contribution is -2.37. The van der Waals surface area contributed by atoms with Crippen molar-refractivity contribution in [2.75, 3.05) is 26.7 Å². The van der Waals surface area contributed by atoms with Crippen LogP contribution in [-0.2, 0) is 13.2 Å². The Kier molecular flexibility index (Phi) is 11.8. The molecule has 0 saturated carbocycles. The van der Waals surface area contributed by atoms with Gasteiger partial charge in [0.05, 0.1) is 7.11 Å². The molecule has 3 rings (SSSR count). The van der Waals surface area contributed by atoms with E-state index >= 15 is 0 Å². The van der Waals surface area contributed by atoms with Crippen LogP contribution < -0.4 is 14.8 Å². The first-order valence-electron chi connectivity index (χ1n) is 9.68. The third-order valence-electron chi connectivity index (χ3n) is 5.15. The fourth-order valence-corrected chi connectivity index (χ4v) is 3.73. The number of likely N-dealkylation sites (N-methyl/N-ethyl adjacent to an activating group) is 1. The molecular formula is C22H31Cl3N2O2. The average molecular weight is 462 g/mol. The Morgan fingerprint density at radius 3 is 2.48 bits per heavy atom. The predicted molar refractivity (Wildman–Crippen MR) is 125 cm³/mol. The standard InChI is InChI=1S/C22H29ClN2O2.2ClH/c1-3-25-12-4-5-20(25)15-24-14-18-8-11-21(22(13-18)26-2)27-16-17-6-9-19(23)10-7-17;;/h6-11,13,20,24H,3-5,12,14-16H2,1-2H3;2*1H. The molecule has 1 heterocycles. The van der Waals surface area contributed by atoms with E-state index in [0.29, 0.717) is 12.6 Å². The van der Waals surface area contributed by atoms with Gasteiger partial charge in [0.2, 0.25) is 0 Å². The highest BCUT2D eigenvalue weighted by Crippen LogP contribution is 2.29. The number of ether oxygens (including phenoxy) is 2. The van der Waals surface area contributed by atoms with Crippen molar-refractivity contribution in [3.8, 4) is 11.5 Å². The van der Waals surface area contributed by atoms with Crippen molar-refractivity contribution in [3.05, 3.63) is 58.6 Å². The van der Waals surface area contributed by atoms with Crippen molar-refractivity contribution >= 4 is 36.4 Å². The maximum Gasteiger partial charge on any atom is 0.161 e. The van der Waals surface area contributed by atoms with Crippen LogP contribution in [0.4, 0.5) is 0 Å². The maximum atomic E-state index is 5.93.